The molecule has 1 heterocycles. The van der Waals surface area contributed by atoms with Crippen LogP contribution in [0.1, 0.15) is 71.0 Å². The van der Waals surface area contributed by atoms with E-state index in [4.69, 9.17) is 20.4 Å². The van der Waals surface area contributed by atoms with E-state index in [1.807, 2.05) is 42.5 Å². The molecule has 5 rings (SSSR count). The zero-order chi connectivity index (χ0) is 41.2. The lowest BCUT2D eigenvalue weighted by Crippen LogP contribution is -2.42. The average molecular weight is 792 g/mol. The van der Waals surface area contributed by atoms with Crippen molar-refractivity contribution < 1.29 is 52.9 Å². The maximum atomic E-state index is 14.3. The quantitative estimate of drug-likeness (QED) is 0.116. The van der Waals surface area contributed by atoms with Gasteiger partial charge in [0.2, 0.25) is 0 Å². The van der Waals surface area contributed by atoms with Crippen LogP contribution in [0.2, 0.25) is 0 Å². The molecule has 296 valence electrons. The molecule has 0 bridgehead atoms. The lowest BCUT2D eigenvalue weighted by Gasteiger charge is -2.34. The third-order valence-electron chi connectivity index (χ3n) is 9.81. The number of likely N-dealkylation sites (tertiary alicyclic amines) is 1. The fourth-order valence-electron chi connectivity index (χ4n) is 6.90. The first-order valence-corrected chi connectivity index (χ1v) is 19.3. The monoisotopic (exact) mass is 791 g/mol. The molecule has 1 unspecified atom stereocenters. The van der Waals surface area contributed by atoms with Crippen molar-refractivity contribution in [2.75, 3.05) is 39.5 Å². The van der Waals surface area contributed by atoms with E-state index >= 15 is 0 Å². The summed E-state index contributed by atoms with van der Waals surface area (Å²) in [6, 6.07) is 24.9. The van der Waals surface area contributed by atoms with Crippen LogP contribution in [0, 0.1) is 23.0 Å². The molecule has 4 aromatic rings. The van der Waals surface area contributed by atoms with Crippen LogP contribution in [0.3, 0.4) is 0 Å². The van der Waals surface area contributed by atoms with E-state index in [2.05, 4.69) is 17.0 Å². The van der Waals surface area contributed by atoms with Gasteiger partial charge in [-0.3, -0.25) is 14.4 Å². The molecular formula is C41H43F2N3O9S. The van der Waals surface area contributed by atoms with Crippen molar-refractivity contribution >= 4 is 45.8 Å². The third-order valence-corrected chi connectivity index (χ3v) is 10.8. The van der Waals surface area contributed by atoms with Crippen LogP contribution in [0.25, 0.3) is 10.8 Å². The number of benzene rings is 4. The summed E-state index contributed by atoms with van der Waals surface area (Å²) in [5.74, 6) is -6.93. The second-order valence-corrected chi connectivity index (χ2v) is 15.1. The van der Waals surface area contributed by atoms with E-state index in [-0.39, 0.29) is 11.8 Å². The van der Waals surface area contributed by atoms with E-state index in [1.54, 1.807) is 36.4 Å². The number of carbonyl (C=O) groups excluding carboxylic acids is 1. The lowest BCUT2D eigenvalue weighted by molar-refractivity contribution is -0.170. The van der Waals surface area contributed by atoms with Gasteiger partial charge in [0.1, 0.15) is 6.26 Å². The number of hydrogen-bond acceptors (Lipinski definition) is 8. The highest BCUT2D eigenvalue weighted by Gasteiger charge is 2.40. The van der Waals surface area contributed by atoms with Crippen LogP contribution in [0.15, 0.2) is 83.8 Å². The van der Waals surface area contributed by atoms with Crippen LogP contribution in [-0.2, 0) is 25.6 Å². The number of rotatable bonds is 14. The van der Waals surface area contributed by atoms with Crippen LogP contribution in [0.5, 0.6) is 0 Å². The van der Waals surface area contributed by atoms with Gasteiger partial charge in [0.05, 0.1) is 24.5 Å². The molecule has 0 saturated carbocycles. The molecule has 0 aromatic heterocycles. The minimum Gasteiger partial charge on any atom is -0.612 e. The molecule has 0 spiro atoms. The van der Waals surface area contributed by atoms with E-state index in [0.29, 0.717) is 35.6 Å². The predicted molar refractivity (Wildman–Crippen MR) is 204 cm³/mol. The maximum Gasteiger partial charge on any atom is 0.336 e. The Bertz CT molecular complexity index is 2080. The molecule has 4 N–H and O–H groups in total. The predicted octanol–water partition coefficient (Wildman–Crippen LogP) is 5.60. The third kappa shape index (κ3) is 11.3. The second-order valence-electron chi connectivity index (χ2n) is 13.8. The standard InChI is InChI=1S/C35H35F2N3O2S.C6H8O7/c1-39(35(41)31-20-24(22-38)19-27-7-3-4-8-29(27)31)23-28(26-11-12-32(36)33(37)21-26)15-18-40-16-13-25(14-17-40)30-9-5-6-10-34(30)43(2)42;7-3(8)1-6(13,5(11)12)2-4(9)10/h3-12,19-21,25,28H,13-18,23H2,1-2H3;13H,1-2H2,(H,7,8)(H,9,10)(H,11,12)/t28?,43-;/m0./s1. The summed E-state index contributed by atoms with van der Waals surface area (Å²) >= 11 is -1.04. The zero-order valence-corrected chi connectivity index (χ0v) is 31.7. The summed E-state index contributed by atoms with van der Waals surface area (Å²) in [5, 5.41) is 44.9. The Morgan fingerprint density at radius 3 is 2.16 bits per heavy atom. The number of hydrogen-bond donors (Lipinski definition) is 4. The summed E-state index contributed by atoms with van der Waals surface area (Å²) in [6.07, 6.45) is 1.98. The molecule has 0 radical (unpaired) electrons. The Hall–Kier alpha value is -5.40. The van der Waals surface area contributed by atoms with E-state index in [9.17, 15) is 37.8 Å². The van der Waals surface area contributed by atoms with Gasteiger partial charge in [-0.15, -0.1) is 0 Å². The molecule has 0 aliphatic carbocycles. The number of carbonyl (C=O) groups is 4. The normalized spacial score (nSPS) is 14.5. The average Bonchev–Trinajstić information content (AvgIpc) is 3.16. The van der Waals surface area contributed by atoms with Crippen molar-refractivity contribution in [2.24, 2.45) is 0 Å². The van der Waals surface area contributed by atoms with E-state index in [1.165, 1.54) is 6.07 Å². The number of halogens is 2. The smallest absolute Gasteiger partial charge is 0.336 e. The van der Waals surface area contributed by atoms with Gasteiger partial charge < -0.3 is 34.8 Å². The summed E-state index contributed by atoms with van der Waals surface area (Å²) in [6.45, 7) is 2.80. The van der Waals surface area contributed by atoms with Gasteiger partial charge in [0, 0.05) is 30.6 Å². The number of aliphatic hydroxyl groups is 1. The molecule has 1 amide bonds. The zero-order valence-electron chi connectivity index (χ0n) is 30.9. The molecule has 1 fully saturated rings. The topological polar surface area (TPSA) is 203 Å². The molecule has 1 aliphatic heterocycles. The number of piperidine rings is 1. The summed E-state index contributed by atoms with van der Waals surface area (Å²) in [5.41, 5.74) is -0.0861. The Labute approximate surface area is 325 Å². The largest absolute Gasteiger partial charge is 0.612 e. The lowest BCUT2D eigenvalue weighted by atomic mass is 9.88. The molecule has 1 saturated heterocycles. The molecule has 12 nitrogen and oxygen atoms in total. The number of fused-ring (bicyclic) bond motifs is 1. The van der Waals surface area contributed by atoms with E-state index in [0.717, 1.165) is 59.8 Å². The van der Waals surface area contributed by atoms with Crippen LogP contribution in [0.4, 0.5) is 8.78 Å². The first-order chi connectivity index (χ1) is 26.5. The Morgan fingerprint density at radius 1 is 0.946 bits per heavy atom. The van der Waals surface area contributed by atoms with Crippen LogP contribution in [-0.4, -0.2) is 104 Å². The number of likely N-dealkylation sites (N-methyl/N-ethyl adjacent to an activating group) is 1. The van der Waals surface area contributed by atoms with Crippen LogP contribution >= 0.6 is 0 Å². The summed E-state index contributed by atoms with van der Waals surface area (Å²) in [4.78, 5) is 49.1. The van der Waals surface area contributed by atoms with Gasteiger partial charge in [-0.25, -0.2) is 13.6 Å². The minimum atomic E-state index is -2.74. The molecule has 15 heteroatoms. The Morgan fingerprint density at radius 2 is 1.57 bits per heavy atom. The van der Waals surface area contributed by atoms with Gasteiger partial charge in [0.15, 0.2) is 22.1 Å². The molecular weight excluding hydrogens is 749 g/mol. The highest BCUT2D eigenvalue weighted by atomic mass is 32.2. The van der Waals surface area contributed by atoms with Gasteiger partial charge in [-0.05, 0) is 103 Å². The fourth-order valence-corrected chi connectivity index (χ4v) is 7.74. The first-order valence-electron chi connectivity index (χ1n) is 17.7. The molecule has 2 atom stereocenters. The van der Waals surface area contributed by atoms with Gasteiger partial charge in [-0.2, -0.15) is 5.26 Å². The summed E-state index contributed by atoms with van der Waals surface area (Å²) < 4.78 is 40.4. The number of nitrogens with zero attached hydrogens (tertiary/aromatic N) is 3. The number of nitriles is 1. The molecule has 4 aromatic carbocycles. The van der Waals surface area contributed by atoms with Crippen molar-refractivity contribution in [3.8, 4) is 6.07 Å². The SMILES string of the molecule is CN(CC(CCN1CCC(c2ccccc2[S@+](C)[O-])CC1)c1ccc(F)c(F)c1)C(=O)c1cc(C#N)cc2ccccc12.O=C(O)CC(O)(CC(=O)O)C(=O)O. The molecule has 1 aliphatic rings. The van der Waals surface area contributed by atoms with Gasteiger partial charge in [0.25, 0.3) is 5.91 Å². The van der Waals surface area contributed by atoms with Crippen molar-refractivity contribution in [2.45, 2.75) is 54.4 Å². The minimum absolute atomic E-state index is 0.226. The van der Waals surface area contributed by atoms with Gasteiger partial charge in [-0.1, -0.05) is 48.5 Å². The summed E-state index contributed by atoms with van der Waals surface area (Å²) in [7, 11) is 1.71. The van der Waals surface area contributed by atoms with Crippen molar-refractivity contribution in [3.05, 3.63) is 113 Å². The Kier molecular flexibility index (Phi) is 15.1. The Balaban J connectivity index is 0.000000460. The second kappa shape index (κ2) is 19.5. The van der Waals surface area contributed by atoms with Gasteiger partial charge >= 0.3 is 17.9 Å². The molecule has 56 heavy (non-hydrogen) atoms. The highest BCUT2D eigenvalue weighted by Crippen LogP contribution is 2.33. The number of amides is 1. The first kappa shape index (κ1) is 43.3. The van der Waals surface area contributed by atoms with Crippen molar-refractivity contribution in [1.82, 2.24) is 9.80 Å². The van der Waals surface area contributed by atoms with E-state index < -0.39 is 59.2 Å². The fraction of sp³-hybridized carbons (Fsp3) is 0.341. The number of aliphatic carboxylic acids is 3. The highest BCUT2D eigenvalue weighted by molar-refractivity contribution is 7.90. The number of carboxylic acid groups (broad SMARTS) is 3. The van der Waals surface area contributed by atoms with Crippen molar-refractivity contribution in [3.63, 3.8) is 0 Å². The van der Waals surface area contributed by atoms with Crippen molar-refractivity contribution in [1.29, 1.82) is 5.26 Å². The number of carboxylic acids is 3. The maximum absolute atomic E-state index is 14.3. The van der Waals surface area contributed by atoms with Crippen LogP contribution < -0.4 is 0 Å².